The van der Waals surface area contributed by atoms with Crippen LogP contribution in [0.25, 0.3) is 0 Å². The van der Waals surface area contributed by atoms with E-state index < -0.39 is 5.91 Å². The normalized spacial score (nSPS) is 20.4. The molecule has 3 nitrogen and oxygen atoms in total. The second-order valence-electron chi connectivity index (χ2n) is 5.63. The second-order valence-corrected chi connectivity index (χ2v) is 5.63. The van der Waals surface area contributed by atoms with E-state index in [4.69, 9.17) is 5.21 Å². The number of carbonyl (C=O) groups excluding carboxylic acids is 1. The minimum Gasteiger partial charge on any atom is -0.288 e. The Morgan fingerprint density at radius 2 is 2.11 bits per heavy atom. The molecule has 0 saturated carbocycles. The van der Waals surface area contributed by atoms with Crippen molar-refractivity contribution in [2.24, 2.45) is 5.41 Å². The summed E-state index contributed by atoms with van der Waals surface area (Å²) in [6, 6.07) is 0. The van der Waals surface area contributed by atoms with Crippen LogP contribution in [0.5, 0.6) is 0 Å². The Morgan fingerprint density at radius 1 is 1.44 bits per heavy atom. The van der Waals surface area contributed by atoms with Crippen LogP contribution in [0.1, 0.15) is 47.0 Å². The van der Waals surface area contributed by atoms with Crippen LogP contribution in [-0.2, 0) is 4.79 Å². The van der Waals surface area contributed by atoms with Gasteiger partial charge >= 0.3 is 0 Å². The summed E-state index contributed by atoms with van der Waals surface area (Å²) in [5.74, 6) is -0.495. The van der Waals surface area contributed by atoms with Crippen molar-refractivity contribution in [2.45, 2.75) is 47.0 Å². The van der Waals surface area contributed by atoms with Crippen molar-refractivity contribution in [1.29, 1.82) is 0 Å². The van der Waals surface area contributed by atoms with E-state index in [1.807, 2.05) is 13.0 Å². The zero-order chi connectivity index (χ0) is 13.8. The third-order valence-corrected chi connectivity index (χ3v) is 3.52. The van der Waals surface area contributed by atoms with E-state index in [2.05, 4.69) is 26.8 Å². The molecule has 100 valence electrons. The molecule has 0 radical (unpaired) electrons. The van der Waals surface area contributed by atoms with Gasteiger partial charge in [0.15, 0.2) is 0 Å². The summed E-state index contributed by atoms with van der Waals surface area (Å²) < 4.78 is 0. The molecule has 0 aromatic carbocycles. The van der Waals surface area contributed by atoms with Crippen molar-refractivity contribution in [3.63, 3.8) is 0 Å². The smallest absolute Gasteiger partial charge is 0.267 e. The maximum atomic E-state index is 11.0. The van der Waals surface area contributed by atoms with Gasteiger partial charge in [-0.1, -0.05) is 31.6 Å². The molecule has 0 spiro atoms. The molecule has 0 aromatic rings. The van der Waals surface area contributed by atoms with E-state index in [9.17, 15) is 4.79 Å². The van der Waals surface area contributed by atoms with Gasteiger partial charge in [-0.3, -0.25) is 10.0 Å². The SMILES string of the molecule is CC(C=CC1=C(C)CCCC1(C)C)=CC(=O)NO. The Balaban J connectivity index is 2.89. The maximum absolute atomic E-state index is 11.0. The fourth-order valence-corrected chi connectivity index (χ4v) is 2.51. The number of hydroxylamine groups is 1. The monoisotopic (exact) mass is 249 g/mol. The fourth-order valence-electron chi connectivity index (χ4n) is 2.51. The molecule has 0 unspecified atom stereocenters. The highest BCUT2D eigenvalue weighted by atomic mass is 16.5. The topological polar surface area (TPSA) is 49.3 Å². The Bertz CT molecular complexity index is 414. The van der Waals surface area contributed by atoms with Gasteiger partial charge in [-0.15, -0.1) is 0 Å². The average molecular weight is 249 g/mol. The standard InChI is InChI=1S/C15H23NO2/c1-11(10-14(17)16-18)7-8-13-12(2)6-5-9-15(13,3)4/h7-8,10,18H,5-6,9H2,1-4H3,(H,16,17). The minimum atomic E-state index is -0.495. The molecule has 0 saturated heterocycles. The van der Waals surface area contributed by atoms with E-state index in [0.29, 0.717) is 0 Å². The van der Waals surface area contributed by atoms with E-state index in [1.54, 1.807) is 5.48 Å². The highest BCUT2D eigenvalue weighted by molar-refractivity contribution is 5.87. The molecule has 0 bridgehead atoms. The third-order valence-electron chi connectivity index (χ3n) is 3.52. The van der Waals surface area contributed by atoms with Gasteiger partial charge in [-0.05, 0) is 49.7 Å². The van der Waals surface area contributed by atoms with Gasteiger partial charge in [0.1, 0.15) is 0 Å². The van der Waals surface area contributed by atoms with Crippen LogP contribution >= 0.6 is 0 Å². The number of carbonyl (C=O) groups is 1. The lowest BCUT2D eigenvalue weighted by molar-refractivity contribution is -0.124. The molecule has 2 N–H and O–H groups in total. The Kier molecular flexibility index (Phi) is 4.91. The molecular formula is C15H23NO2. The van der Waals surface area contributed by atoms with Crippen molar-refractivity contribution in [2.75, 3.05) is 0 Å². The van der Waals surface area contributed by atoms with Crippen LogP contribution in [0.2, 0.25) is 0 Å². The molecule has 1 aliphatic carbocycles. The average Bonchev–Trinajstić information content (AvgIpc) is 2.27. The number of nitrogens with one attached hydrogen (secondary N) is 1. The zero-order valence-electron chi connectivity index (χ0n) is 11.7. The summed E-state index contributed by atoms with van der Waals surface area (Å²) in [5.41, 5.74) is 5.43. The van der Waals surface area contributed by atoms with Crippen molar-refractivity contribution in [3.8, 4) is 0 Å². The summed E-state index contributed by atoms with van der Waals surface area (Å²) in [6.07, 6.45) is 9.01. The Hall–Kier alpha value is -1.35. The van der Waals surface area contributed by atoms with Gasteiger partial charge in [0.05, 0.1) is 0 Å². The van der Waals surface area contributed by atoms with Gasteiger partial charge in [-0.25, -0.2) is 5.48 Å². The number of amides is 1. The van der Waals surface area contributed by atoms with Gasteiger partial charge in [0, 0.05) is 6.08 Å². The van der Waals surface area contributed by atoms with Crippen molar-refractivity contribution >= 4 is 5.91 Å². The van der Waals surface area contributed by atoms with Crippen LogP contribution in [0.4, 0.5) is 0 Å². The van der Waals surface area contributed by atoms with Crippen molar-refractivity contribution < 1.29 is 10.0 Å². The summed E-state index contributed by atoms with van der Waals surface area (Å²) in [4.78, 5) is 11.0. The predicted octanol–water partition coefficient (Wildman–Crippen LogP) is 3.52. The zero-order valence-corrected chi connectivity index (χ0v) is 11.7. The molecule has 1 aliphatic rings. The van der Waals surface area contributed by atoms with Gasteiger partial charge in [-0.2, -0.15) is 0 Å². The molecule has 1 amide bonds. The second kappa shape index (κ2) is 6.01. The van der Waals surface area contributed by atoms with E-state index in [1.165, 1.54) is 30.1 Å². The molecule has 3 heteroatoms. The highest BCUT2D eigenvalue weighted by Crippen LogP contribution is 2.40. The molecule has 0 atom stereocenters. The number of hydrogen-bond donors (Lipinski definition) is 2. The first-order valence-corrected chi connectivity index (χ1v) is 6.37. The summed E-state index contributed by atoms with van der Waals surface area (Å²) >= 11 is 0. The quantitative estimate of drug-likeness (QED) is 0.348. The van der Waals surface area contributed by atoms with Crippen molar-refractivity contribution in [1.82, 2.24) is 5.48 Å². The summed E-state index contributed by atoms with van der Waals surface area (Å²) in [6.45, 7) is 8.54. The lowest BCUT2D eigenvalue weighted by atomic mass is 9.72. The van der Waals surface area contributed by atoms with Gasteiger partial charge in [0.25, 0.3) is 5.91 Å². The van der Waals surface area contributed by atoms with E-state index in [0.717, 1.165) is 12.0 Å². The maximum Gasteiger partial charge on any atom is 0.267 e. The van der Waals surface area contributed by atoms with Crippen LogP contribution in [0.15, 0.2) is 34.9 Å². The van der Waals surface area contributed by atoms with Crippen LogP contribution in [0, 0.1) is 5.41 Å². The summed E-state index contributed by atoms with van der Waals surface area (Å²) in [5, 5.41) is 8.45. The Morgan fingerprint density at radius 3 is 2.67 bits per heavy atom. The van der Waals surface area contributed by atoms with Gasteiger partial charge < -0.3 is 0 Å². The first kappa shape index (κ1) is 14.7. The molecule has 0 aromatic heterocycles. The van der Waals surface area contributed by atoms with Crippen molar-refractivity contribution in [3.05, 3.63) is 34.9 Å². The number of hydrogen-bond acceptors (Lipinski definition) is 2. The fraction of sp³-hybridized carbons (Fsp3) is 0.533. The van der Waals surface area contributed by atoms with Crippen LogP contribution < -0.4 is 5.48 Å². The minimum absolute atomic E-state index is 0.207. The summed E-state index contributed by atoms with van der Waals surface area (Å²) in [7, 11) is 0. The third kappa shape index (κ3) is 3.84. The highest BCUT2D eigenvalue weighted by Gasteiger charge is 2.26. The lowest BCUT2D eigenvalue weighted by Gasteiger charge is -2.32. The number of rotatable bonds is 3. The number of allylic oxidation sites excluding steroid dienone is 5. The molecule has 1 rings (SSSR count). The molecule has 18 heavy (non-hydrogen) atoms. The largest absolute Gasteiger partial charge is 0.288 e. The molecule has 0 aliphatic heterocycles. The molecule has 0 fully saturated rings. The molecular weight excluding hydrogens is 226 g/mol. The predicted molar refractivity (Wildman–Crippen MR) is 73.2 cm³/mol. The van der Waals surface area contributed by atoms with Crippen LogP contribution in [-0.4, -0.2) is 11.1 Å². The molecule has 0 heterocycles. The first-order chi connectivity index (χ1) is 8.36. The van der Waals surface area contributed by atoms with Gasteiger partial charge in [0.2, 0.25) is 0 Å². The van der Waals surface area contributed by atoms with Crippen LogP contribution in [0.3, 0.4) is 0 Å². The first-order valence-electron chi connectivity index (χ1n) is 6.37. The lowest BCUT2D eigenvalue weighted by Crippen LogP contribution is -2.19. The van der Waals surface area contributed by atoms with E-state index in [-0.39, 0.29) is 5.41 Å². The Labute approximate surface area is 109 Å². The van der Waals surface area contributed by atoms with E-state index >= 15 is 0 Å².